The lowest BCUT2D eigenvalue weighted by molar-refractivity contribution is -0.140. The number of anilines is 1. The highest BCUT2D eigenvalue weighted by Gasteiger charge is 2.49. The zero-order valence-electron chi connectivity index (χ0n) is 14.4. The molecule has 1 N–H and O–H groups in total. The van der Waals surface area contributed by atoms with Crippen molar-refractivity contribution in [2.45, 2.75) is 49.7 Å². The number of nitrogens with zero attached hydrogens (tertiary/aromatic N) is 4. The number of carbonyl (C=O) groups excluding carboxylic acids is 1. The predicted octanol–water partition coefficient (Wildman–Crippen LogP) is 1.49. The molecule has 1 unspecified atom stereocenters. The minimum atomic E-state index is -0.240. The van der Waals surface area contributed by atoms with E-state index in [0.717, 1.165) is 51.1 Å². The Balaban J connectivity index is 1.14. The molecule has 9 heteroatoms. The fourth-order valence-electron chi connectivity index (χ4n) is 3.76. The number of ether oxygens (including phenoxy) is 1. The Labute approximate surface area is 150 Å². The monoisotopic (exact) mass is 359 g/mol. The van der Waals surface area contributed by atoms with Crippen molar-refractivity contribution in [2.75, 3.05) is 24.5 Å². The van der Waals surface area contributed by atoms with Gasteiger partial charge in [-0.2, -0.15) is 0 Å². The Bertz CT molecular complexity index is 779. The first-order valence-electron chi connectivity index (χ1n) is 9.13. The van der Waals surface area contributed by atoms with E-state index < -0.39 is 0 Å². The van der Waals surface area contributed by atoms with Crippen LogP contribution in [0.2, 0.25) is 0 Å². The zero-order chi connectivity index (χ0) is 17.6. The molecule has 9 nitrogen and oxygen atoms in total. The minimum absolute atomic E-state index is 0.00598. The molecule has 1 amide bonds. The molecule has 1 aliphatic carbocycles. The first-order chi connectivity index (χ1) is 12.7. The molecule has 3 aliphatic rings. The number of nitrogens with one attached hydrogen (secondary N) is 1. The normalized spacial score (nSPS) is 24.5. The second kappa shape index (κ2) is 6.08. The fraction of sp³-hybridized carbons (Fsp3) is 0.647. The van der Waals surface area contributed by atoms with E-state index in [1.54, 1.807) is 0 Å². The molecule has 1 saturated carbocycles. The van der Waals surface area contributed by atoms with Gasteiger partial charge >= 0.3 is 6.01 Å². The van der Waals surface area contributed by atoms with Gasteiger partial charge in [0.05, 0.1) is 19.2 Å². The van der Waals surface area contributed by atoms with E-state index in [4.69, 9.17) is 13.6 Å². The van der Waals surface area contributed by atoms with Gasteiger partial charge in [0.2, 0.25) is 5.89 Å². The lowest BCUT2D eigenvalue weighted by atomic mass is 9.85. The van der Waals surface area contributed by atoms with Gasteiger partial charge in [-0.3, -0.25) is 4.79 Å². The number of hydrogen-bond acceptors (Lipinski definition) is 8. The maximum atomic E-state index is 12.0. The topological polar surface area (TPSA) is 107 Å². The summed E-state index contributed by atoms with van der Waals surface area (Å²) >= 11 is 0. The van der Waals surface area contributed by atoms with Crippen molar-refractivity contribution in [3.63, 3.8) is 0 Å². The molecule has 26 heavy (non-hydrogen) atoms. The van der Waals surface area contributed by atoms with E-state index >= 15 is 0 Å². The summed E-state index contributed by atoms with van der Waals surface area (Å²) in [7, 11) is 0. The van der Waals surface area contributed by atoms with Gasteiger partial charge < -0.3 is 23.8 Å². The van der Waals surface area contributed by atoms with Crippen LogP contribution in [0.4, 0.5) is 6.01 Å². The average molecular weight is 359 g/mol. The molecule has 2 saturated heterocycles. The summed E-state index contributed by atoms with van der Waals surface area (Å²) in [5.74, 6) is 0.991. The van der Waals surface area contributed by atoms with E-state index in [2.05, 4.69) is 25.4 Å². The largest absolute Gasteiger partial charge is 0.451 e. The molecule has 2 aromatic rings. The van der Waals surface area contributed by atoms with Gasteiger partial charge in [0.1, 0.15) is 11.9 Å². The van der Waals surface area contributed by atoms with Gasteiger partial charge in [0.25, 0.3) is 5.91 Å². The lowest BCUT2D eigenvalue weighted by Gasteiger charge is -2.52. The molecule has 5 rings (SSSR count). The third-order valence-corrected chi connectivity index (χ3v) is 5.32. The first-order valence-corrected chi connectivity index (χ1v) is 9.13. The van der Waals surface area contributed by atoms with E-state index in [1.165, 1.54) is 12.7 Å². The zero-order valence-corrected chi connectivity index (χ0v) is 14.4. The van der Waals surface area contributed by atoms with E-state index in [-0.39, 0.29) is 23.3 Å². The van der Waals surface area contributed by atoms with Crippen molar-refractivity contribution < 1.29 is 18.4 Å². The summed E-state index contributed by atoms with van der Waals surface area (Å²) in [5.41, 5.74) is 0.114. The van der Waals surface area contributed by atoms with Crippen LogP contribution in [0, 0.1) is 0 Å². The van der Waals surface area contributed by atoms with E-state index in [1.807, 2.05) is 0 Å². The van der Waals surface area contributed by atoms with Gasteiger partial charge in [-0.25, -0.2) is 4.98 Å². The van der Waals surface area contributed by atoms with Gasteiger partial charge in [-0.1, -0.05) is 5.10 Å². The van der Waals surface area contributed by atoms with E-state index in [0.29, 0.717) is 18.5 Å². The summed E-state index contributed by atoms with van der Waals surface area (Å²) in [4.78, 5) is 17.9. The van der Waals surface area contributed by atoms with Crippen LogP contribution in [0.5, 0.6) is 0 Å². The Hall–Kier alpha value is -2.42. The molecule has 1 atom stereocenters. The number of oxazole rings is 1. The summed E-state index contributed by atoms with van der Waals surface area (Å²) in [5, 5.41) is 11.2. The Morgan fingerprint density at radius 2 is 2.19 bits per heavy atom. The van der Waals surface area contributed by atoms with Crippen LogP contribution in [0.25, 0.3) is 0 Å². The number of hydrogen-bond donors (Lipinski definition) is 1. The SMILES string of the molecule is O=C(NCC1CCCC2(CN(c3nnc(C4CC4)o3)C2)O1)c1cocn1. The summed E-state index contributed by atoms with van der Waals surface area (Å²) in [6.07, 6.45) is 7.92. The number of aromatic nitrogens is 3. The molecule has 1 spiro atoms. The smallest absolute Gasteiger partial charge is 0.318 e. The van der Waals surface area contributed by atoms with Crippen LogP contribution in [0.15, 0.2) is 21.5 Å². The van der Waals surface area contributed by atoms with Gasteiger partial charge in [-0.15, -0.1) is 5.10 Å². The second-order valence-corrected chi connectivity index (χ2v) is 7.45. The van der Waals surface area contributed by atoms with Crippen LogP contribution >= 0.6 is 0 Å². The average Bonchev–Trinajstić information content (AvgIpc) is 3.12. The van der Waals surface area contributed by atoms with Gasteiger partial charge in [-0.05, 0) is 32.1 Å². The van der Waals surface area contributed by atoms with Crippen LogP contribution < -0.4 is 10.2 Å². The lowest BCUT2D eigenvalue weighted by Crippen LogP contribution is -2.66. The second-order valence-electron chi connectivity index (χ2n) is 7.45. The molecule has 2 aliphatic heterocycles. The van der Waals surface area contributed by atoms with Crippen molar-refractivity contribution in [2.24, 2.45) is 0 Å². The fourth-order valence-corrected chi connectivity index (χ4v) is 3.76. The van der Waals surface area contributed by atoms with E-state index in [9.17, 15) is 4.79 Å². The van der Waals surface area contributed by atoms with Crippen molar-refractivity contribution in [3.05, 3.63) is 24.2 Å². The Morgan fingerprint density at radius 3 is 2.96 bits per heavy atom. The van der Waals surface area contributed by atoms with Crippen LogP contribution in [-0.2, 0) is 4.74 Å². The summed E-state index contributed by atoms with van der Waals surface area (Å²) in [6.45, 7) is 1.99. The quantitative estimate of drug-likeness (QED) is 0.856. The maximum Gasteiger partial charge on any atom is 0.318 e. The number of carbonyl (C=O) groups is 1. The third kappa shape index (κ3) is 2.96. The molecule has 0 radical (unpaired) electrons. The highest BCUT2D eigenvalue weighted by atomic mass is 16.5. The molecule has 0 bridgehead atoms. The van der Waals surface area contributed by atoms with Crippen molar-refractivity contribution in [1.29, 1.82) is 0 Å². The molecular weight excluding hydrogens is 338 g/mol. The van der Waals surface area contributed by atoms with Crippen molar-refractivity contribution in [1.82, 2.24) is 20.5 Å². The molecule has 0 aromatic carbocycles. The Kier molecular flexibility index (Phi) is 3.70. The van der Waals surface area contributed by atoms with Crippen molar-refractivity contribution >= 4 is 11.9 Å². The maximum absolute atomic E-state index is 12.0. The number of amides is 1. The Morgan fingerprint density at radius 1 is 1.31 bits per heavy atom. The standard InChI is InChI=1S/C17H21N5O4/c23-14(13-7-24-10-19-13)18-6-12-2-1-5-17(26-12)8-22(9-17)16-21-20-15(25-16)11-3-4-11/h7,10-12H,1-6,8-9H2,(H,18,23). The molecular formula is C17H21N5O4. The van der Waals surface area contributed by atoms with Crippen LogP contribution in [-0.4, -0.2) is 52.4 Å². The first kappa shape index (κ1) is 15.8. The summed E-state index contributed by atoms with van der Waals surface area (Å²) < 4.78 is 16.9. The third-order valence-electron chi connectivity index (χ3n) is 5.32. The summed E-state index contributed by atoms with van der Waals surface area (Å²) in [6, 6.07) is 0.600. The molecule has 3 fully saturated rings. The minimum Gasteiger partial charge on any atom is -0.451 e. The van der Waals surface area contributed by atoms with Crippen LogP contribution in [0.1, 0.15) is 54.4 Å². The number of rotatable bonds is 5. The van der Waals surface area contributed by atoms with Crippen LogP contribution in [0.3, 0.4) is 0 Å². The van der Waals surface area contributed by atoms with Gasteiger partial charge in [0.15, 0.2) is 12.1 Å². The molecule has 2 aromatic heterocycles. The van der Waals surface area contributed by atoms with Crippen molar-refractivity contribution in [3.8, 4) is 0 Å². The molecule has 4 heterocycles. The molecule has 138 valence electrons. The van der Waals surface area contributed by atoms with Gasteiger partial charge in [0, 0.05) is 12.5 Å². The predicted molar refractivity (Wildman–Crippen MR) is 88.8 cm³/mol. The highest BCUT2D eigenvalue weighted by Crippen LogP contribution is 2.42. The highest BCUT2D eigenvalue weighted by molar-refractivity contribution is 5.91.